The van der Waals surface area contributed by atoms with Crippen LogP contribution in [0.2, 0.25) is 5.02 Å². The molecule has 2 N–H and O–H groups in total. The summed E-state index contributed by atoms with van der Waals surface area (Å²) in [6.45, 7) is 2.26. The van der Waals surface area contributed by atoms with E-state index in [-0.39, 0.29) is 17.2 Å². The second-order valence-corrected chi connectivity index (χ2v) is 9.25. The standard InChI is InChI=1S/C29H36ClNO2/c1-2-3-4-5-6-7-8-9-10-11-16-22-21-25(28(32)24-18-13-12-17-23(22)24)29(33)31-27-20-15-14-19-26(27)30/h12-15,17-21,32H,2-11,16H2,1H3,(H,31,33). The minimum absolute atomic E-state index is 0.0157. The van der Waals surface area contributed by atoms with Gasteiger partial charge in [-0.1, -0.05) is 113 Å². The summed E-state index contributed by atoms with van der Waals surface area (Å²) in [4.78, 5) is 13.0. The first-order valence-electron chi connectivity index (χ1n) is 12.4. The van der Waals surface area contributed by atoms with E-state index in [4.69, 9.17) is 11.6 Å². The lowest BCUT2D eigenvalue weighted by Gasteiger charge is -2.14. The van der Waals surface area contributed by atoms with E-state index in [0.717, 1.165) is 23.8 Å². The lowest BCUT2D eigenvalue weighted by Crippen LogP contribution is -2.13. The lowest BCUT2D eigenvalue weighted by atomic mass is 9.95. The van der Waals surface area contributed by atoms with Gasteiger partial charge in [-0.2, -0.15) is 0 Å². The van der Waals surface area contributed by atoms with E-state index in [1.807, 2.05) is 42.5 Å². The van der Waals surface area contributed by atoms with Crippen LogP contribution in [0.15, 0.2) is 54.6 Å². The van der Waals surface area contributed by atoms with Gasteiger partial charge >= 0.3 is 0 Å². The molecule has 0 aliphatic heterocycles. The fourth-order valence-electron chi connectivity index (χ4n) is 4.37. The molecule has 0 heterocycles. The smallest absolute Gasteiger partial charge is 0.259 e. The molecule has 3 aromatic rings. The normalized spacial score (nSPS) is 11.1. The predicted molar refractivity (Wildman–Crippen MR) is 141 cm³/mol. The Morgan fingerprint density at radius 3 is 2.06 bits per heavy atom. The number of hydrogen-bond donors (Lipinski definition) is 2. The molecule has 0 atom stereocenters. The summed E-state index contributed by atoms with van der Waals surface area (Å²) in [7, 11) is 0. The number of carbonyl (C=O) groups is 1. The molecule has 0 spiro atoms. The van der Waals surface area contributed by atoms with E-state index < -0.39 is 0 Å². The number of aryl methyl sites for hydroxylation is 1. The molecular formula is C29H36ClNO2. The van der Waals surface area contributed by atoms with E-state index in [0.29, 0.717) is 16.1 Å². The molecule has 3 rings (SSSR count). The van der Waals surface area contributed by atoms with Crippen molar-refractivity contribution in [3.63, 3.8) is 0 Å². The summed E-state index contributed by atoms with van der Waals surface area (Å²) >= 11 is 6.20. The first-order chi connectivity index (χ1) is 16.1. The third-order valence-electron chi connectivity index (χ3n) is 6.27. The molecule has 0 saturated carbocycles. The molecular weight excluding hydrogens is 430 g/mol. The number of benzene rings is 3. The summed E-state index contributed by atoms with van der Waals surface area (Å²) in [5.41, 5.74) is 1.93. The Morgan fingerprint density at radius 1 is 0.818 bits per heavy atom. The average Bonchev–Trinajstić information content (AvgIpc) is 2.83. The number of nitrogens with one attached hydrogen (secondary N) is 1. The molecule has 3 nitrogen and oxygen atoms in total. The summed E-state index contributed by atoms with van der Waals surface area (Å²) in [5, 5.41) is 15.9. The number of para-hydroxylation sites is 1. The molecule has 176 valence electrons. The van der Waals surface area contributed by atoms with Crippen LogP contribution in [0.5, 0.6) is 5.75 Å². The van der Waals surface area contributed by atoms with Gasteiger partial charge in [0.05, 0.1) is 16.3 Å². The van der Waals surface area contributed by atoms with Crippen molar-refractivity contribution in [2.75, 3.05) is 5.32 Å². The number of rotatable bonds is 13. The van der Waals surface area contributed by atoms with Crippen LogP contribution in [0.25, 0.3) is 10.8 Å². The highest BCUT2D eigenvalue weighted by Crippen LogP contribution is 2.33. The van der Waals surface area contributed by atoms with E-state index in [1.165, 1.54) is 57.8 Å². The van der Waals surface area contributed by atoms with Crippen LogP contribution in [0, 0.1) is 0 Å². The van der Waals surface area contributed by atoms with Gasteiger partial charge in [-0.25, -0.2) is 0 Å². The Kier molecular flexibility index (Phi) is 10.1. The quantitative estimate of drug-likeness (QED) is 0.247. The summed E-state index contributed by atoms with van der Waals surface area (Å²) in [5.74, 6) is -0.336. The molecule has 0 unspecified atom stereocenters. The molecule has 3 aromatic carbocycles. The molecule has 1 amide bonds. The topological polar surface area (TPSA) is 49.3 Å². The fraction of sp³-hybridized carbons (Fsp3) is 0.414. The van der Waals surface area contributed by atoms with Crippen molar-refractivity contribution in [3.8, 4) is 5.75 Å². The van der Waals surface area contributed by atoms with Crippen molar-refractivity contribution >= 4 is 34.0 Å². The Morgan fingerprint density at radius 2 is 1.39 bits per heavy atom. The maximum atomic E-state index is 13.0. The lowest BCUT2D eigenvalue weighted by molar-refractivity contribution is 0.102. The van der Waals surface area contributed by atoms with E-state index in [1.54, 1.807) is 12.1 Å². The number of unbranched alkanes of at least 4 members (excludes halogenated alkanes) is 9. The van der Waals surface area contributed by atoms with E-state index >= 15 is 0 Å². The number of aromatic hydroxyl groups is 1. The number of anilines is 1. The number of fused-ring (bicyclic) bond motifs is 1. The Labute approximate surface area is 203 Å². The van der Waals surface area contributed by atoms with Crippen molar-refractivity contribution in [2.45, 2.75) is 77.6 Å². The molecule has 0 aromatic heterocycles. The summed E-state index contributed by atoms with van der Waals surface area (Å²) < 4.78 is 0. The van der Waals surface area contributed by atoms with Gasteiger partial charge in [0.2, 0.25) is 0 Å². The van der Waals surface area contributed by atoms with E-state index in [9.17, 15) is 9.90 Å². The van der Waals surface area contributed by atoms with Crippen LogP contribution in [-0.4, -0.2) is 11.0 Å². The maximum Gasteiger partial charge on any atom is 0.259 e. The molecule has 0 radical (unpaired) electrons. The van der Waals surface area contributed by atoms with Gasteiger partial charge in [0, 0.05) is 5.39 Å². The van der Waals surface area contributed by atoms with Gasteiger partial charge in [0.15, 0.2) is 0 Å². The first kappa shape index (κ1) is 25.1. The number of hydrogen-bond acceptors (Lipinski definition) is 2. The number of halogens is 1. The highest BCUT2D eigenvalue weighted by atomic mass is 35.5. The minimum Gasteiger partial charge on any atom is -0.506 e. The molecule has 0 aliphatic carbocycles. The number of amides is 1. The zero-order chi connectivity index (χ0) is 23.5. The second-order valence-electron chi connectivity index (χ2n) is 8.84. The van der Waals surface area contributed by atoms with Gasteiger partial charge in [0.1, 0.15) is 5.75 Å². The molecule has 0 bridgehead atoms. The highest BCUT2D eigenvalue weighted by molar-refractivity contribution is 6.34. The van der Waals surface area contributed by atoms with Gasteiger partial charge < -0.3 is 10.4 Å². The van der Waals surface area contributed by atoms with Crippen LogP contribution in [0.3, 0.4) is 0 Å². The van der Waals surface area contributed by atoms with E-state index in [2.05, 4.69) is 12.2 Å². The Bertz CT molecular complexity index is 1050. The van der Waals surface area contributed by atoms with Crippen LogP contribution < -0.4 is 5.32 Å². The second kappa shape index (κ2) is 13.3. The molecule has 4 heteroatoms. The maximum absolute atomic E-state index is 13.0. The predicted octanol–water partition coefficient (Wildman–Crippen LogP) is 8.91. The van der Waals surface area contributed by atoms with Crippen molar-refractivity contribution in [2.24, 2.45) is 0 Å². The monoisotopic (exact) mass is 465 g/mol. The summed E-state index contributed by atoms with van der Waals surface area (Å²) in [6, 6.07) is 16.7. The van der Waals surface area contributed by atoms with Gasteiger partial charge in [-0.3, -0.25) is 4.79 Å². The van der Waals surface area contributed by atoms with Gasteiger partial charge in [-0.15, -0.1) is 0 Å². The fourth-order valence-corrected chi connectivity index (χ4v) is 4.55. The first-order valence-corrected chi connectivity index (χ1v) is 12.8. The molecule has 0 saturated heterocycles. The Hall–Kier alpha value is -2.52. The number of phenols is 1. The van der Waals surface area contributed by atoms with Crippen LogP contribution in [-0.2, 0) is 6.42 Å². The number of carbonyl (C=O) groups excluding carboxylic acids is 1. The zero-order valence-corrected chi connectivity index (χ0v) is 20.5. The van der Waals surface area contributed by atoms with Crippen molar-refractivity contribution in [3.05, 3.63) is 70.7 Å². The van der Waals surface area contributed by atoms with Crippen LogP contribution >= 0.6 is 11.6 Å². The van der Waals surface area contributed by atoms with Crippen molar-refractivity contribution in [1.82, 2.24) is 0 Å². The van der Waals surface area contributed by atoms with Crippen molar-refractivity contribution in [1.29, 1.82) is 0 Å². The van der Waals surface area contributed by atoms with Crippen LogP contribution in [0.1, 0.15) is 87.1 Å². The largest absolute Gasteiger partial charge is 0.506 e. The average molecular weight is 466 g/mol. The van der Waals surface area contributed by atoms with Crippen LogP contribution in [0.4, 0.5) is 5.69 Å². The zero-order valence-electron chi connectivity index (χ0n) is 19.7. The SMILES string of the molecule is CCCCCCCCCCCCc1cc(C(=O)Nc2ccccc2Cl)c(O)c2ccccc12. The molecule has 0 fully saturated rings. The Balaban J connectivity index is 1.62. The molecule has 0 aliphatic rings. The third-order valence-corrected chi connectivity index (χ3v) is 6.60. The van der Waals surface area contributed by atoms with Gasteiger partial charge in [-0.05, 0) is 42.0 Å². The highest BCUT2D eigenvalue weighted by Gasteiger charge is 2.18. The minimum atomic E-state index is -0.351. The third kappa shape index (κ3) is 7.23. The molecule has 33 heavy (non-hydrogen) atoms. The van der Waals surface area contributed by atoms with Gasteiger partial charge in [0.25, 0.3) is 5.91 Å². The summed E-state index contributed by atoms with van der Waals surface area (Å²) in [6.07, 6.45) is 13.8. The van der Waals surface area contributed by atoms with Crippen molar-refractivity contribution < 1.29 is 9.90 Å². The number of phenolic OH excluding ortho intramolecular Hbond substituents is 1.